The maximum absolute atomic E-state index is 4.28. The SMILES string of the molecule is C=C(/C=C/c1ccccc1)C1C=CC=C(CC)C=C1CC. The maximum atomic E-state index is 4.28. The van der Waals surface area contributed by atoms with Crippen LogP contribution in [0.25, 0.3) is 6.08 Å². The van der Waals surface area contributed by atoms with Crippen molar-refractivity contribution in [2.24, 2.45) is 5.92 Å². The Morgan fingerprint density at radius 3 is 2.57 bits per heavy atom. The van der Waals surface area contributed by atoms with Gasteiger partial charge in [0.25, 0.3) is 0 Å². The Labute approximate surface area is 128 Å². The topological polar surface area (TPSA) is 0 Å². The first-order chi connectivity index (χ1) is 10.2. The lowest BCUT2D eigenvalue weighted by Gasteiger charge is -2.16. The van der Waals surface area contributed by atoms with Crippen LogP contribution < -0.4 is 0 Å². The molecule has 0 heteroatoms. The van der Waals surface area contributed by atoms with Crippen LogP contribution in [0.1, 0.15) is 32.3 Å². The lowest BCUT2D eigenvalue weighted by Crippen LogP contribution is -2.02. The van der Waals surface area contributed by atoms with Gasteiger partial charge in [0.15, 0.2) is 0 Å². The largest absolute Gasteiger partial charge is 0.0949 e. The molecule has 0 saturated heterocycles. The van der Waals surface area contributed by atoms with E-state index in [1.807, 2.05) is 6.07 Å². The van der Waals surface area contributed by atoms with Gasteiger partial charge in [-0.1, -0.05) is 92.8 Å². The minimum absolute atomic E-state index is 0.315. The standard InChI is InChI=1S/C21H24/c1-4-18-12-9-13-21(20(5-2)16-18)17(3)14-15-19-10-7-6-8-11-19/h6-16,21H,3-5H2,1-2H3/b15-14+. The van der Waals surface area contributed by atoms with Crippen LogP contribution in [0.4, 0.5) is 0 Å². The first kappa shape index (κ1) is 15.3. The van der Waals surface area contributed by atoms with Gasteiger partial charge in [-0.25, -0.2) is 0 Å². The maximum Gasteiger partial charge on any atom is 0.0228 e. The van der Waals surface area contributed by atoms with Crippen molar-refractivity contribution in [2.75, 3.05) is 0 Å². The van der Waals surface area contributed by atoms with E-state index < -0.39 is 0 Å². The third-order valence-electron chi connectivity index (χ3n) is 3.89. The van der Waals surface area contributed by atoms with Gasteiger partial charge in [-0.05, 0) is 29.6 Å². The summed E-state index contributed by atoms with van der Waals surface area (Å²) in [6.45, 7) is 8.71. The normalized spacial score (nSPS) is 18.3. The van der Waals surface area contributed by atoms with Gasteiger partial charge in [0.1, 0.15) is 0 Å². The van der Waals surface area contributed by atoms with E-state index in [1.54, 1.807) is 0 Å². The molecule has 0 saturated carbocycles. The fourth-order valence-electron chi connectivity index (χ4n) is 2.56. The second kappa shape index (κ2) is 7.64. The Kier molecular flexibility index (Phi) is 5.57. The van der Waals surface area contributed by atoms with E-state index in [-0.39, 0.29) is 0 Å². The zero-order chi connectivity index (χ0) is 15.1. The minimum Gasteiger partial charge on any atom is -0.0949 e. The summed E-state index contributed by atoms with van der Waals surface area (Å²) in [6.07, 6.45) is 15.4. The molecular formula is C21H24. The summed E-state index contributed by atoms with van der Waals surface area (Å²) in [5.74, 6) is 0.315. The first-order valence-corrected chi connectivity index (χ1v) is 7.74. The second-order valence-corrected chi connectivity index (χ2v) is 5.35. The first-order valence-electron chi connectivity index (χ1n) is 7.74. The molecule has 108 valence electrons. The van der Waals surface area contributed by atoms with Gasteiger partial charge >= 0.3 is 0 Å². The fraction of sp³-hybridized carbons (Fsp3) is 0.238. The van der Waals surface area contributed by atoms with Crippen molar-refractivity contribution < 1.29 is 0 Å². The van der Waals surface area contributed by atoms with Crippen molar-refractivity contribution in [2.45, 2.75) is 26.7 Å². The molecule has 1 atom stereocenters. The Morgan fingerprint density at radius 1 is 1.14 bits per heavy atom. The van der Waals surface area contributed by atoms with E-state index >= 15 is 0 Å². The molecule has 2 rings (SSSR count). The summed E-state index contributed by atoms with van der Waals surface area (Å²) in [6, 6.07) is 10.4. The molecule has 0 heterocycles. The van der Waals surface area contributed by atoms with Gasteiger partial charge in [0.05, 0.1) is 0 Å². The van der Waals surface area contributed by atoms with Gasteiger partial charge in [0.2, 0.25) is 0 Å². The van der Waals surface area contributed by atoms with E-state index in [4.69, 9.17) is 0 Å². The van der Waals surface area contributed by atoms with Crippen LogP contribution >= 0.6 is 0 Å². The van der Waals surface area contributed by atoms with Crippen molar-refractivity contribution >= 4 is 6.08 Å². The molecule has 1 unspecified atom stereocenters. The lowest BCUT2D eigenvalue weighted by atomic mass is 9.88. The third kappa shape index (κ3) is 4.19. The Morgan fingerprint density at radius 2 is 1.90 bits per heavy atom. The molecule has 1 aliphatic rings. The fourth-order valence-corrected chi connectivity index (χ4v) is 2.56. The molecule has 0 amide bonds. The molecule has 0 spiro atoms. The Balaban J connectivity index is 2.17. The van der Waals surface area contributed by atoms with Crippen molar-refractivity contribution in [3.05, 3.63) is 89.6 Å². The highest BCUT2D eigenvalue weighted by Gasteiger charge is 2.13. The van der Waals surface area contributed by atoms with Crippen LogP contribution in [0.2, 0.25) is 0 Å². The minimum atomic E-state index is 0.315. The summed E-state index contributed by atoms with van der Waals surface area (Å²) < 4.78 is 0. The third-order valence-corrected chi connectivity index (χ3v) is 3.89. The molecule has 1 aromatic rings. The van der Waals surface area contributed by atoms with Crippen molar-refractivity contribution in [3.63, 3.8) is 0 Å². The number of allylic oxidation sites excluding steroid dienone is 8. The average molecular weight is 276 g/mol. The predicted octanol–water partition coefficient (Wildman–Crippen LogP) is 6.11. The van der Waals surface area contributed by atoms with Crippen LogP contribution in [-0.4, -0.2) is 0 Å². The summed E-state index contributed by atoms with van der Waals surface area (Å²) in [4.78, 5) is 0. The molecule has 0 aromatic heterocycles. The van der Waals surface area contributed by atoms with Crippen LogP contribution in [0, 0.1) is 5.92 Å². The smallest absolute Gasteiger partial charge is 0.0228 e. The van der Waals surface area contributed by atoms with Gasteiger partial charge in [-0.2, -0.15) is 0 Å². The van der Waals surface area contributed by atoms with Crippen LogP contribution in [0.3, 0.4) is 0 Å². The lowest BCUT2D eigenvalue weighted by molar-refractivity contribution is 0.857. The molecule has 0 radical (unpaired) electrons. The van der Waals surface area contributed by atoms with Gasteiger partial charge < -0.3 is 0 Å². The highest BCUT2D eigenvalue weighted by Crippen LogP contribution is 2.29. The van der Waals surface area contributed by atoms with Gasteiger partial charge in [-0.15, -0.1) is 0 Å². The van der Waals surface area contributed by atoms with Crippen molar-refractivity contribution in [1.29, 1.82) is 0 Å². The predicted molar refractivity (Wildman–Crippen MR) is 94.0 cm³/mol. The van der Waals surface area contributed by atoms with E-state index in [0.29, 0.717) is 5.92 Å². The van der Waals surface area contributed by atoms with Crippen LogP contribution in [0.5, 0.6) is 0 Å². The van der Waals surface area contributed by atoms with E-state index in [0.717, 1.165) is 18.4 Å². The molecule has 0 bridgehead atoms. The van der Waals surface area contributed by atoms with Crippen molar-refractivity contribution in [1.82, 2.24) is 0 Å². The van der Waals surface area contributed by atoms with E-state index in [2.05, 4.69) is 81.1 Å². The number of rotatable bonds is 5. The van der Waals surface area contributed by atoms with E-state index in [1.165, 1.54) is 16.7 Å². The highest BCUT2D eigenvalue weighted by atomic mass is 14.2. The Hall–Kier alpha value is -2.08. The molecule has 0 nitrogen and oxygen atoms in total. The van der Waals surface area contributed by atoms with E-state index in [9.17, 15) is 0 Å². The molecule has 0 aliphatic heterocycles. The molecule has 1 aliphatic carbocycles. The summed E-state index contributed by atoms with van der Waals surface area (Å²) >= 11 is 0. The van der Waals surface area contributed by atoms with Crippen molar-refractivity contribution in [3.8, 4) is 0 Å². The Bertz CT molecular complexity index is 594. The van der Waals surface area contributed by atoms with Crippen LogP contribution in [-0.2, 0) is 0 Å². The number of hydrogen-bond acceptors (Lipinski definition) is 0. The zero-order valence-electron chi connectivity index (χ0n) is 13.0. The quantitative estimate of drug-likeness (QED) is 0.569. The molecule has 21 heavy (non-hydrogen) atoms. The molecule has 0 N–H and O–H groups in total. The zero-order valence-corrected chi connectivity index (χ0v) is 13.0. The second-order valence-electron chi connectivity index (χ2n) is 5.35. The number of benzene rings is 1. The molecular weight excluding hydrogens is 252 g/mol. The molecule has 1 aromatic carbocycles. The van der Waals surface area contributed by atoms with Crippen LogP contribution in [0.15, 0.2) is 84.0 Å². The highest BCUT2D eigenvalue weighted by molar-refractivity contribution is 5.54. The summed E-state index contributed by atoms with van der Waals surface area (Å²) in [7, 11) is 0. The number of hydrogen-bond donors (Lipinski definition) is 0. The summed E-state index contributed by atoms with van der Waals surface area (Å²) in [5, 5.41) is 0. The van der Waals surface area contributed by atoms with Gasteiger partial charge in [0, 0.05) is 5.92 Å². The monoisotopic (exact) mass is 276 g/mol. The summed E-state index contributed by atoms with van der Waals surface area (Å²) in [5.41, 5.74) is 5.20. The average Bonchev–Trinajstić information content (AvgIpc) is 2.75. The van der Waals surface area contributed by atoms with Gasteiger partial charge in [-0.3, -0.25) is 0 Å². The molecule has 0 fully saturated rings.